The van der Waals surface area contributed by atoms with Gasteiger partial charge in [0.2, 0.25) is 0 Å². The van der Waals surface area contributed by atoms with Crippen LogP contribution in [0.15, 0.2) is 0 Å². The molecule has 0 aromatic carbocycles. The summed E-state index contributed by atoms with van der Waals surface area (Å²) in [5, 5.41) is 8.72. The van der Waals surface area contributed by atoms with Crippen molar-refractivity contribution >= 4 is 12.2 Å². The fourth-order valence-electron chi connectivity index (χ4n) is 1.18. The molecule has 0 rings (SSSR count). The summed E-state index contributed by atoms with van der Waals surface area (Å²) in [5.74, 6) is 0. The molecule has 16 heavy (non-hydrogen) atoms. The lowest BCUT2D eigenvalue weighted by molar-refractivity contribution is 0.0333. The van der Waals surface area contributed by atoms with Gasteiger partial charge in [-0.25, -0.2) is 9.59 Å². The summed E-state index contributed by atoms with van der Waals surface area (Å²) in [6.45, 7) is 1.77. The lowest BCUT2D eigenvalue weighted by atomic mass is 9.87. The minimum atomic E-state index is -0.894. The SMILES string of the molecule is CC(CCCO)(COC(N)=O)COC(N)=O. The van der Waals surface area contributed by atoms with Gasteiger partial charge >= 0.3 is 12.2 Å². The zero-order valence-electron chi connectivity index (χ0n) is 9.27. The molecule has 0 aliphatic heterocycles. The number of aliphatic hydroxyl groups excluding tert-OH is 1. The summed E-state index contributed by atoms with van der Waals surface area (Å²) in [5.41, 5.74) is 9.09. The van der Waals surface area contributed by atoms with E-state index in [1.54, 1.807) is 6.92 Å². The zero-order chi connectivity index (χ0) is 12.6. The molecule has 7 nitrogen and oxygen atoms in total. The van der Waals surface area contributed by atoms with Gasteiger partial charge in [-0.05, 0) is 12.8 Å². The van der Waals surface area contributed by atoms with E-state index in [0.29, 0.717) is 12.8 Å². The first-order valence-corrected chi connectivity index (χ1v) is 4.85. The van der Waals surface area contributed by atoms with Gasteiger partial charge in [-0.2, -0.15) is 0 Å². The van der Waals surface area contributed by atoms with Crippen molar-refractivity contribution in [3.05, 3.63) is 0 Å². The summed E-state index contributed by atoms with van der Waals surface area (Å²) in [4.78, 5) is 21.0. The highest BCUT2D eigenvalue weighted by Crippen LogP contribution is 2.24. The molecule has 0 saturated carbocycles. The first-order chi connectivity index (χ1) is 7.39. The molecule has 0 radical (unpaired) electrons. The Labute approximate surface area is 93.7 Å². The second-order valence-electron chi connectivity index (χ2n) is 3.85. The number of hydrogen-bond acceptors (Lipinski definition) is 5. The van der Waals surface area contributed by atoms with Crippen LogP contribution in [-0.4, -0.2) is 37.1 Å². The molecule has 0 fully saturated rings. The predicted molar refractivity (Wildman–Crippen MR) is 55.5 cm³/mol. The van der Waals surface area contributed by atoms with Gasteiger partial charge in [-0.15, -0.1) is 0 Å². The van der Waals surface area contributed by atoms with Crippen molar-refractivity contribution in [2.45, 2.75) is 19.8 Å². The van der Waals surface area contributed by atoms with E-state index in [1.807, 2.05) is 0 Å². The van der Waals surface area contributed by atoms with Crippen molar-refractivity contribution < 1.29 is 24.2 Å². The third kappa shape index (κ3) is 6.88. The highest BCUT2D eigenvalue weighted by molar-refractivity contribution is 5.65. The smallest absolute Gasteiger partial charge is 0.404 e. The molecule has 0 saturated heterocycles. The number of nitrogens with two attached hydrogens (primary N) is 2. The molecule has 0 unspecified atom stereocenters. The van der Waals surface area contributed by atoms with Crippen molar-refractivity contribution in [2.24, 2.45) is 16.9 Å². The van der Waals surface area contributed by atoms with Crippen LogP contribution in [0.1, 0.15) is 19.8 Å². The van der Waals surface area contributed by atoms with Crippen LogP contribution in [0, 0.1) is 5.41 Å². The molecule has 94 valence electrons. The molecule has 0 bridgehead atoms. The minimum Gasteiger partial charge on any atom is -0.449 e. The van der Waals surface area contributed by atoms with E-state index < -0.39 is 17.6 Å². The molecule has 2 amide bonds. The van der Waals surface area contributed by atoms with Gasteiger partial charge in [0.05, 0.1) is 0 Å². The van der Waals surface area contributed by atoms with E-state index in [1.165, 1.54) is 0 Å². The Morgan fingerprint density at radius 3 is 1.94 bits per heavy atom. The average Bonchev–Trinajstić information content (AvgIpc) is 2.21. The highest BCUT2D eigenvalue weighted by atomic mass is 16.6. The molecule has 0 atom stereocenters. The van der Waals surface area contributed by atoms with E-state index in [4.69, 9.17) is 16.6 Å². The second kappa shape index (κ2) is 6.89. The Hall–Kier alpha value is -1.50. The van der Waals surface area contributed by atoms with E-state index in [2.05, 4.69) is 9.47 Å². The monoisotopic (exact) mass is 234 g/mol. The summed E-state index contributed by atoms with van der Waals surface area (Å²) < 4.78 is 9.32. The first-order valence-electron chi connectivity index (χ1n) is 4.85. The number of amides is 2. The maximum Gasteiger partial charge on any atom is 0.404 e. The predicted octanol–water partition coefficient (Wildman–Crippen LogP) is -0.0442. The van der Waals surface area contributed by atoms with E-state index in [0.717, 1.165) is 0 Å². The fourth-order valence-corrected chi connectivity index (χ4v) is 1.18. The Kier molecular flexibility index (Phi) is 6.24. The van der Waals surface area contributed by atoms with Gasteiger partial charge in [-0.1, -0.05) is 6.92 Å². The van der Waals surface area contributed by atoms with Crippen LogP contribution >= 0.6 is 0 Å². The number of primary amides is 2. The molecule has 7 heteroatoms. The van der Waals surface area contributed by atoms with Gasteiger partial charge in [0.1, 0.15) is 13.2 Å². The molecule has 0 aliphatic carbocycles. The number of aliphatic hydroxyl groups is 1. The van der Waals surface area contributed by atoms with E-state index in [9.17, 15) is 9.59 Å². The lowest BCUT2D eigenvalue weighted by Crippen LogP contribution is -2.34. The molecule has 5 N–H and O–H groups in total. The molecule has 0 aromatic rings. The van der Waals surface area contributed by atoms with Crippen LogP contribution in [0.5, 0.6) is 0 Å². The summed E-state index contributed by atoms with van der Waals surface area (Å²) in [6, 6.07) is 0. The Balaban J connectivity index is 4.22. The van der Waals surface area contributed by atoms with Crippen molar-refractivity contribution in [3.63, 3.8) is 0 Å². The van der Waals surface area contributed by atoms with Crippen LogP contribution in [-0.2, 0) is 9.47 Å². The molecule has 0 aliphatic rings. The van der Waals surface area contributed by atoms with E-state index in [-0.39, 0.29) is 19.8 Å². The van der Waals surface area contributed by atoms with Gasteiger partial charge < -0.3 is 26.0 Å². The second-order valence-corrected chi connectivity index (χ2v) is 3.85. The molecular formula is C9H18N2O5. The van der Waals surface area contributed by atoms with Crippen molar-refractivity contribution in [1.82, 2.24) is 0 Å². The van der Waals surface area contributed by atoms with Crippen molar-refractivity contribution in [1.29, 1.82) is 0 Å². The fraction of sp³-hybridized carbons (Fsp3) is 0.778. The summed E-state index contributed by atoms with van der Waals surface area (Å²) in [6.07, 6.45) is -0.770. The largest absolute Gasteiger partial charge is 0.449 e. The Morgan fingerprint density at radius 1 is 1.19 bits per heavy atom. The van der Waals surface area contributed by atoms with Crippen LogP contribution in [0.25, 0.3) is 0 Å². The summed E-state index contributed by atoms with van der Waals surface area (Å²) in [7, 11) is 0. The number of hydrogen-bond donors (Lipinski definition) is 3. The molecular weight excluding hydrogens is 216 g/mol. The third-order valence-corrected chi connectivity index (χ3v) is 2.06. The topological polar surface area (TPSA) is 125 Å². The summed E-state index contributed by atoms with van der Waals surface area (Å²) >= 11 is 0. The standard InChI is InChI=1S/C9H18N2O5/c1-9(3-2-4-12,5-15-7(10)13)6-16-8(11)14/h12H,2-6H2,1H3,(H2,10,13)(H2,11,14). The number of carbonyl (C=O) groups is 2. The van der Waals surface area contributed by atoms with Gasteiger partial charge in [0, 0.05) is 12.0 Å². The molecule has 0 heterocycles. The first kappa shape index (κ1) is 14.5. The number of ether oxygens (including phenoxy) is 2. The van der Waals surface area contributed by atoms with Gasteiger partial charge in [0.25, 0.3) is 0 Å². The normalized spacial score (nSPS) is 10.9. The van der Waals surface area contributed by atoms with Gasteiger partial charge in [0.15, 0.2) is 0 Å². The number of carbonyl (C=O) groups excluding carboxylic acids is 2. The zero-order valence-corrected chi connectivity index (χ0v) is 9.27. The van der Waals surface area contributed by atoms with Crippen LogP contribution < -0.4 is 11.5 Å². The minimum absolute atomic E-state index is 0.00271. The van der Waals surface area contributed by atoms with Crippen molar-refractivity contribution in [2.75, 3.05) is 19.8 Å². The van der Waals surface area contributed by atoms with Crippen molar-refractivity contribution in [3.8, 4) is 0 Å². The number of rotatable bonds is 7. The quantitative estimate of drug-likeness (QED) is 0.569. The van der Waals surface area contributed by atoms with Crippen LogP contribution in [0.3, 0.4) is 0 Å². The lowest BCUT2D eigenvalue weighted by Gasteiger charge is -2.27. The maximum absolute atomic E-state index is 10.5. The Bertz CT molecular complexity index is 226. The molecule has 0 aromatic heterocycles. The van der Waals surface area contributed by atoms with E-state index >= 15 is 0 Å². The van der Waals surface area contributed by atoms with Gasteiger partial charge in [-0.3, -0.25) is 0 Å². The maximum atomic E-state index is 10.5. The third-order valence-electron chi connectivity index (χ3n) is 2.06. The molecule has 0 spiro atoms. The highest BCUT2D eigenvalue weighted by Gasteiger charge is 2.27. The Morgan fingerprint density at radius 2 is 1.62 bits per heavy atom. The average molecular weight is 234 g/mol. The van der Waals surface area contributed by atoms with Crippen LogP contribution in [0.4, 0.5) is 9.59 Å². The van der Waals surface area contributed by atoms with Crippen LogP contribution in [0.2, 0.25) is 0 Å².